The van der Waals surface area contributed by atoms with Crippen molar-refractivity contribution in [3.05, 3.63) is 95.6 Å². The van der Waals surface area contributed by atoms with Crippen molar-refractivity contribution in [2.75, 3.05) is 45.1 Å². The number of aliphatic hydroxyl groups excluding tert-OH is 4. The molecule has 0 aromatic heterocycles. The van der Waals surface area contributed by atoms with Gasteiger partial charge >= 0.3 is 17.9 Å². The Labute approximate surface area is 776 Å². The smallest absolute Gasteiger partial charge is 0.305 e. The van der Waals surface area contributed by atoms with Crippen LogP contribution in [0.4, 0.5) is 4.79 Å². The Balaban J connectivity index is 1.29. The van der Waals surface area contributed by atoms with E-state index in [-0.39, 0.29) is 98.6 Å². The van der Waals surface area contributed by atoms with Crippen LogP contribution >= 0.6 is 11.8 Å². The third-order valence-electron chi connectivity index (χ3n) is 22.0. The van der Waals surface area contributed by atoms with Crippen LogP contribution in [0.3, 0.4) is 0 Å². The van der Waals surface area contributed by atoms with Crippen molar-refractivity contribution in [2.45, 2.75) is 242 Å². The lowest BCUT2D eigenvalue weighted by molar-refractivity contribution is -0.142. The standard InChI is InChI=1S/C87H125N17O29S/c1-8-45(4)70(84(130)97-59(37-51-19-27-55(110)28-20-51)78(124)93-57(34-44(2)3)77(123)95-61(38-68(115)116)76(122)91-46(5)14-12-13-31-88)102-83(129)64(42-106)99-79(125)58(36-50-17-25-54(109)26-18-50)94-80(126)62(39-69(117)118)96-82(128)63(41-105)100-86(132)72(48(7)108)103-81(127)60(35-49-15-10-9-11-16-49)98-85(131)71(47(6)107)101-65(111)40-90-75(121)56(29-30-67(113)114)92-74(120)53-23-21-52(22-24-53)73(119)89-32-33-104-66(112)43-134-87(104)133/h9-11,15-20,25-28,44-48,52-53,56-64,70-72,105-110H,8,12-14,21-24,29-43,88H2,1-7H3,(H,89,119)(H,90,121)(H,91,122)(H,92,120)(H,93,124)(H,94,126)(H,95,123)(H,96,128)(H,97,130)(H,98,131)(H,99,125)(H,100,132)(H,101,111)(H,102,129)(H,103,127)(H,113,114)(H,115,116)(H,117,118)/t45-,46+,47+,48+,52?,53?,56-,57-,58-,59-,60-,61-,62-,63-,64-,70-,71-,72-/m0/s1. The molecule has 1 saturated carbocycles. The summed E-state index contributed by atoms with van der Waals surface area (Å²) in [5.74, 6) is -24.2. The van der Waals surface area contributed by atoms with Crippen molar-refractivity contribution in [3.63, 3.8) is 0 Å². The van der Waals surface area contributed by atoms with E-state index in [0.717, 1.165) is 30.5 Å². The van der Waals surface area contributed by atoms with E-state index in [9.17, 15) is 142 Å². The lowest BCUT2D eigenvalue weighted by Gasteiger charge is -2.30. The highest BCUT2D eigenvalue weighted by molar-refractivity contribution is 8.14. The van der Waals surface area contributed by atoms with Crippen LogP contribution in [0.1, 0.15) is 149 Å². The van der Waals surface area contributed by atoms with Gasteiger partial charge in [0.05, 0.1) is 50.6 Å². The van der Waals surface area contributed by atoms with E-state index in [0.29, 0.717) is 36.9 Å². The first-order valence-corrected chi connectivity index (χ1v) is 44.8. The first kappa shape index (κ1) is 112. The Morgan fingerprint density at radius 3 is 1.29 bits per heavy atom. The summed E-state index contributed by atoms with van der Waals surface area (Å²) in [4.78, 5) is 272. The van der Waals surface area contributed by atoms with Crippen molar-refractivity contribution < 1.29 is 142 Å². The van der Waals surface area contributed by atoms with Crippen LogP contribution in [0.5, 0.6) is 11.5 Å². The van der Waals surface area contributed by atoms with Crippen LogP contribution in [0.15, 0.2) is 78.9 Å². The van der Waals surface area contributed by atoms with Crippen molar-refractivity contribution >= 4 is 129 Å². The van der Waals surface area contributed by atoms with Crippen LogP contribution in [0.25, 0.3) is 0 Å². The molecular formula is C87H125N17O29S. The second-order valence-electron chi connectivity index (χ2n) is 33.3. The predicted molar refractivity (Wildman–Crippen MR) is 476 cm³/mol. The Morgan fingerprint density at radius 2 is 0.836 bits per heavy atom. The molecule has 1 aliphatic heterocycles. The molecule has 0 bridgehead atoms. The number of nitrogens with two attached hydrogens (primary N) is 1. The molecule has 134 heavy (non-hydrogen) atoms. The van der Waals surface area contributed by atoms with Crippen molar-refractivity contribution in [2.24, 2.45) is 29.4 Å². The van der Waals surface area contributed by atoms with Crippen molar-refractivity contribution in [1.29, 1.82) is 0 Å². The number of carboxylic acid groups (broad SMARTS) is 3. The second kappa shape index (κ2) is 56.1. The van der Waals surface area contributed by atoms with Gasteiger partial charge < -0.3 is 131 Å². The number of amides is 17. The van der Waals surface area contributed by atoms with E-state index < -0.39 is 273 Å². The van der Waals surface area contributed by atoms with E-state index >= 15 is 0 Å². The fourth-order valence-electron chi connectivity index (χ4n) is 14.2. The van der Waals surface area contributed by atoms with Gasteiger partial charge in [-0.25, -0.2) is 0 Å². The first-order chi connectivity index (χ1) is 63.3. The zero-order valence-corrected chi connectivity index (χ0v) is 76.2. The number of unbranched alkanes of at least 4 members (excludes halogenated alkanes) is 1. The largest absolute Gasteiger partial charge is 0.508 e. The molecule has 3 aromatic carbocycles. The van der Waals surface area contributed by atoms with Crippen LogP contribution in [-0.2, 0) is 110 Å². The number of benzene rings is 3. The van der Waals surface area contributed by atoms with Gasteiger partial charge in [0.2, 0.25) is 94.5 Å². The summed E-state index contributed by atoms with van der Waals surface area (Å²) in [6.45, 7) is 7.19. The number of carboxylic acids is 3. The van der Waals surface area contributed by atoms with Crippen molar-refractivity contribution in [1.82, 2.24) is 84.7 Å². The average molecular weight is 1910 g/mol. The average Bonchev–Trinajstić information content (AvgIpc) is 1.10. The maximum absolute atomic E-state index is 14.7. The molecule has 1 saturated heterocycles. The van der Waals surface area contributed by atoms with Gasteiger partial charge in [-0.3, -0.25) is 101 Å². The molecule has 16 atom stereocenters. The minimum atomic E-state index is -2.23. The van der Waals surface area contributed by atoms with E-state index in [1.807, 2.05) is 0 Å². The molecule has 2 fully saturated rings. The van der Waals surface area contributed by atoms with Gasteiger partial charge in [0, 0.05) is 56.7 Å². The molecule has 0 radical (unpaired) electrons. The summed E-state index contributed by atoms with van der Waals surface area (Å²) in [5, 5.41) is 128. The fraction of sp³-hybridized carbons (Fsp3) is 0.563. The molecular weight excluding hydrogens is 1780 g/mol. The van der Waals surface area contributed by atoms with Gasteiger partial charge in [0.1, 0.15) is 84.0 Å². The van der Waals surface area contributed by atoms with Gasteiger partial charge in [-0.05, 0) is 131 Å². The topological polar surface area (TPSA) is 733 Å². The number of nitrogens with zero attached hydrogens (tertiary/aromatic N) is 1. The molecule has 46 nitrogen and oxygen atoms in total. The van der Waals surface area contributed by atoms with E-state index in [4.69, 9.17) is 5.73 Å². The number of carbonyl (C=O) groups excluding carboxylic acids is 17. The van der Waals surface area contributed by atoms with Gasteiger partial charge in [-0.2, -0.15) is 0 Å². The normalized spacial score (nSPS) is 17.2. The monoisotopic (exact) mass is 1900 g/mol. The zero-order chi connectivity index (χ0) is 99.8. The van der Waals surface area contributed by atoms with E-state index in [1.165, 1.54) is 67.6 Å². The quantitative estimate of drug-likeness (QED) is 0.0235. The Hall–Kier alpha value is -13.0. The number of phenolic OH excluding ortho intramolecular Hbond substituents is 2. The molecule has 26 N–H and O–H groups in total. The number of aromatic hydroxyl groups is 2. The number of imide groups is 1. The molecule has 0 spiro atoms. The molecule has 17 amide bonds. The number of thioether (sulfide) groups is 1. The minimum absolute atomic E-state index is 0.00520. The van der Waals surface area contributed by atoms with Crippen LogP contribution in [-0.4, -0.2) is 304 Å². The molecule has 738 valence electrons. The van der Waals surface area contributed by atoms with Gasteiger partial charge in [-0.1, -0.05) is 107 Å². The summed E-state index contributed by atoms with van der Waals surface area (Å²) >= 11 is 0.850. The predicted octanol–water partition coefficient (Wildman–Crippen LogP) is -5.04. The van der Waals surface area contributed by atoms with Crippen LogP contribution in [0, 0.1) is 23.7 Å². The van der Waals surface area contributed by atoms with Gasteiger partial charge in [0.25, 0.3) is 5.24 Å². The lowest BCUT2D eigenvalue weighted by Crippen LogP contribution is -2.63. The molecule has 5 rings (SSSR count). The Kier molecular flexibility index (Phi) is 46.7. The number of hydrogen-bond donors (Lipinski definition) is 25. The summed E-state index contributed by atoms with van der Waals surface area (Å²) < 4.78 is 0. The molecule has 1 heterocycles. The summed E-state index contributed by atoms with van der Waals surface area (Å²) in [7, 11) is 0. The Morgan fingerprint density at radius 1 is 0.433 bits per heavy atom. The highest BCUT2D eigenvalue weighted by atomic mass is 32.2. The number of phenols is 2. The molecule has 3 aromatic rings. The number of aliphatic carboxylic acids is 3. The number of aliphatic hydroxyl groups is 4. The highest BCUT2D eigenvalue weighted by Gasteiger charge is 2.42. The van der Waals surface area contributed by atoms with Crippen molar-refractivity contribution in [3.8, 4) is 11.5 Å². The molecule has 0 unspecified atom stereocenters. The lowest BCUT2D eigenvalue weighted by atomic mass is 9.81. The molecule has 1 aliphatic carbocycles. The highest BCUT2D eigenvalue weighted by Crippen LogP contribution is 2.30. The van der Waals surface area contributed by atoms with Crippen LogP contribution < -0.4 is 85.5 Å². The maximum Gasteiger partial charge on any atom is 0.305 e. The minimum Gasteiger partial charge on any atom is -0.508 e. The zero-order valence-electron chi connectivity index (χ0n) is 75.4. The number of rotatable bonds is 57. The molecule has 47 heteroatoms. The number of hydrogen-bond acceptors (Lipinski definition) is 28. The fourth-order valence-corrected chi connectivity index (χ4v) is 15.0. The third kappa shape index (κ3) is 37.9. The van der Waals surface area contributed by atoms with E-state index in [2.05, 4.69) is 79.8 Å². The molecule has 2 aliphatic rings. The van der Waals surface area contributed by atoms with Gasteiger partial charge in [-0.15, -0.1) is 0 Å². The van der Waals surface area contributed by atoms with E-state index in [1.54, 1.807) is 45.9 Å². The van der Waals surface area contributed by atoms with Gasteiger partial charge in [0.15, 0.2) is 0 Å². The maximum atomic E-state index is 14.7. The number of carbonyl (C=O) groups is 20. The van der Waals surface area contributed by atoms with Crippen LogP contribution in [0.2, 0.25) is 0 Å². The summed E-state index contributed by atoms with van der Waals surface area (Å²) in [6.07, 6.45) is -5.52. The first-order valence-electron chi connectivity index (χ1n) is 43.9. The Bertz CT molecular complexity index is 4550. The summed E-state index contributed by atoms with van der Waals surface area (Å²) in [6, 6.07) is -4.27. The second-order valence-corrected chi connectivity index (χ2v) is 34.3. The third-order valence-corrected chi connectivity index (χ3v) is 22.9. The number of nitrogens with one attached hydrogen (secondary N) is 15. The summed E-state index contributed by atoms with van der Waals surface area (Å²) in [5.41, 5.74) is 6.49. The SMILES string of the molecule is CC[C@H](C)[C@H](NC(=O)[C@H](CO)NC(=O)[C@H](Cc1ccc(O)cc1)NC(=O)[C@H](CC(=O)O)NC(=O)[C@H](CO)NC(=O)[C@@H](NC(=O)[C@H](Cc1ccccc1)NC(=O)[C@@H](NC(=O)CNC(=O)[C@H](CCC(=O)O)NC(=O)C1CCC(C(=O)NCCN2C(=O)CSC2=O)CC1)[C@@H](C)O)[C@@H](C)O)C(=O)N[C@@H](Cc1ccc(O)cc1)C(=O)N[C@@H](CC(C)C)C(=O)N[C@@H](CC(=O)O)C(=O)N[C@H](C)CCCCN.